The summed E-state index contributed by atoms with van der Waals surface area (Å²) in [6.45, 7) is 0.126. The van der Waals surface area contributed by atoms with Gasteiger partial charge in [-0.15, -0.1) is 0 Å². The van der Waals surface area contributed by atoms with Crippen molar-refractivity contribution in [1.29, 1.82) is 0 Å². The molecule has 2 aromatic heterocycles. The molecule has 0 unspecified atom stereocenters. The Hall–Kier alpha value is -2.38. The molecular weight excluding hydrogens is 350 g/mol. The highest BCUT2D eigenvalue weighted by Gasteiger charge is 2.18. The number of hydrogen-bond acceptors (Lipinski definition) is 4. The second-order valence-electron chi connectivity index (χ2n) is 6.49. The van der Waals surface area contributed by atoms with Crippen LogP contribution in [-0.4, -0.2) is 23.9 Å². The van der Waals surface area contributed by atoms with E-state index in [1.807, 2.05) is 28.8 Å². The first-order chi connectivity index (χ1) is 12.6. The van der Waals surface area contributed by atoms with Crippen LogP contribution < -0.4 is 9.46 Å². The van der Waals surface area contributed by atoms with Crippen LogP contribution in [0.15, 0.2) is 59.8 Å². The fourth-order valence-electron chi connectivity index (χ4n) is 3.27. The van der Waals surface area contributed by atoms with Crippen LogP contribution in [0.4, 0.5) is 0 Å². The summed E-state index contributed by atoms with van der Waals surface area (Å²) in [7, 11) is -3.61. The van der Waals surface area contributed by atoms with Gasteiger partial charge in [-0.3, -0.25) is 0 Å². The van der Waals surface area contributed by atoms with Crippen molar-refractivity contribution in [3.63, 3.8) is 0 Å². The predicted molar refractivity (Wildman–Crippen MR) is 98.5 cm³/mol. The molecule has 0 atom stereocenters. The maximum atomic E-state index is 12.5. The maximum absolute atomic E-state index is 12.5. The molecule has 4 rings (SSSR count). The summed E-state index contributed by atoms with van der Waals surface area (Å²) in [6.07, 6.45) is 8.37. The Bertz CT molecular complexity index is 990. The molecule has 1 saturated carbocycles. The highest BCUT2D eigenvalue weighted by atomic mass is 32.2. The van der Waals surface area contributed by atoms with Gasteiger partial charge in [0.2, 0.25) is 10.0 Å². The van der Waals surface area contributed by atoms with E-state index in [4.69, 9.17) is 4.74 Å². The van der Waals surface area contributed by atoms with Crippen molar-refractivity contribution in [1.82, 2.24) is 14.1 Å². The van der Waals surface area contributed by atoms with E-state index in [-0.39, 0.29) is 17.5 Å². The van der Waals surface area contributed by atoms with Crippen LogP contribution in [0.1, 0.15) is 31.5 Å². The first-order valence-corrected chi connectivity index (χ1v) is 10.3. The van der Waals surface area contributed by atoms with Crippen LogP contribution in [0.5, 0.6) is 5.75 Å². The summed E-state index contributed by atoms with van der Waals surface area (Å²) >= 11 is 0. The Labute approximate surface area is 152 Å². The lowest BCUT2D eigenvalue weighted by Gasteiger charge is -2.13. The van der Waals surface area contributed by atoms with Crippen LogP contribution in [-0.2, 0) is 16.6 Å². The van der Waals surface area contributed by atoms with Gasteiger partial charge in [0.05, 0.1) is 29.3 Å². The van der Waals surface area contributed by atoms with E-state index in [0.717, 1.165) is 24.1 Å². The van der Waals surface area contributed by atoms with Gasteiger partial charge in [-0.05, 0) is 62.1 Å². The van der Waals surface area contributed by atoms with Crippen molar-refractivity contribution < 1.29 is 13.2 Å². The predicted octanol–water partition coefficient (Wildman–Crippen LogP) is 3.13. The minimum absolute atomic E-state index is 0.126. The van der Waals surface area contributed by atoms with Gasteiger partial charge in [-0.2, -0.15) is 0 Å². The zero-order chi connectivity index (χ0) is 18.0. The molecule has 0 amide bonds. The Balaban J connectivity index is 1.44. The number of rotatable bonds is 6. The lowest BCUT2D eigenvalue weighted by Crippen LogP contribution is -2.24. The van der Waals surface area contributed by atoms with Gasteiger partial charge < -0.3 is 9.14 Å². The van der Waals surface area contributed by atoms with E-state index in [1.54, 1.807) is 30.5 Å². The standard InChI is InChI=1S/C19H21N3O3S/c23-26(24,21-14-19-20-13-15-5-3-4-12-22(15)19)18-10-8-17(9-11-18)25-16-6-1-2-7-16/h3-5,8-13,16,21H,1-2,6-7,14H2. The minimum Gasteiger partial charge on any atom is -0.490 e. The van der Waals surface area contributed by atoms with Gasteiger partial charge >= 0.3 is 0 Å². The topological polar surface area (TPSA) is 72.7 Å². The van der Waals surface area contributed by atoms with Crippen LogP contribution in [0.3, 0.4) is 0 Å². The fourth-order valence-corrected chi connectivity index (χ4v) is 4.25. The van der Waals surface area contributed by atoms with E-state index in [2.05, 4.69) is 9.71 Å². The molecule has 136 valence electrons. The molecule has 6 nitrogen and oxygen atoms in total. The van der Waals surface area contributed by atoms with Crippen LogP contribution in [0.25, 0.3) is 5.52 Å². The Morgan fingerprint density at radius 1 is 1.12 bits per heavy atom. The van der Waals surface area contributed by atoms with Crippen LogP contribution in [0, 0.1) is 0 Å². The first-order valence-electron chi connectivity index (χ1n) is 8.79. The molecule has 1 N–H and O–H groups in total. The Kier molecular flexibility index (Phi) is 4.65. The van der Waals surface area contributed by atoms with Crippen LogP contribution in [0.2, 0.25) is 0 Å². The molecular formula is C19H21N3O3S. The number of nitrogens with one attached hydrogen (secondary N) is 1. The van der Waals surface area contributed by atoms with Gasteiger partial charge in [0, 0.05) is 6.20 Å². The van der Waals surface area contributed by atoms with Gasteiger partial charge in [0.25, 0.3) is 0 Å². The first kappa shape index (κ1) is 17.1. The summed E-state index contributed by atoms with van der Waals surface area (Å²) in [5.74, 6) is 1.36. The molecule has 1 aliphatic carbocycles. The Morgan fingerprint density at radius 2 is 1.88 bits per heavy atom. The van der Waals surface area contributed by atoms with E-state index in [1.165, 1.54) is 12.8 Å². The molecule has 26 heavy (non-hydrogen) atoms. The fraction of sp³-hybridized carbons (Fsp3) is 0.316. The van der Waals surface area contributed by atoms with Crippen molar-refractivity contribution in [2.45, 2.75) is 43.2 Å². The second kappa shape index (κ2) is 7.09. The van der Waals surface area contributed by atoms with Gasteiger partial charge in [0.15, 0.2) is 0 Å². The Morgan fingerprint density at radius 3 is 2.65 bits per heavy atom. The van der Waals surface area contributed by atoms with Crippen molar-refractivity contribution >= 4 is 15.5 Å². The van der Waals surface area contributed by atoms with Crippen molar-refractivity contribution in [2.75, 3.05) is 0 Å². The molecule has 0 aliphatic heterocycles. The third-order valence-electron chi connectivity index (χ3n) is 4.67. The van der Waals surface area contributed by atoms with Crippen molar-refractivity contribution in [3.05, 3.63) is 60.7 Å². The number of fused-ring (bicyclic) bond motifs is 1. The van der Waals surface area contributed by atoms with E-state index < -0.39 is 10.0 Å². The summed E-state index contributed by atoms with van der Waals surface area (Å²) in [6, 6.07) is 12.3. The molecule has 0 bridgehead atoms. The lowest BCUT2D eigenvalue weighted by atomic mass is 10.3. The number of benzene rings is 1. The zero-order valence-electron chi connectivity index (χ0n) is 14.3. The lowest BCUT2D eigenvalue weighted by molar-refractivity contribution is 0.210. The molecule has 1 aromatic carbocycles. The largest absolute Gasteiger partial charge is 0.490 e. The van der Waals surface area contributed by atoms with E-state index in [9.17, 15) is 8.42 Å². The third kappa shape index (κ3) is 3.59. The number of pyridine rings is 1. The molecule has 1 fully saturated rings. The van der Waals surface area contributed by atoms with E-state index in [0.29, 0.717) is 5.82 Å². The van der Waals surface area contributed by atoms with Gasteiger partial charge in [-0.1, -0.05) is 6.07 Å². The molecule has 2 heterocycles. The molecule has 0 radical (unpaired) electrons. The number of sulfonamides is 1. The summed E-state index contributed by atoms with van der Waals surface area (Å²) in [5, 5.41) is 0. The SMILES string of the molecule is O=S(=O)(NCc1ncc2ccccn12)c1ccc(OC2CCCC2)cc1. The monoisotopic (exact) mass is 371 g/mol. The number of nitrogens with zero attached hydrogens (tertiary/aromatic N) is 2. The maximum Gasteiger partial charge on any atom is 0.240 e. The summed E-state index contributed by atoms with van der Waals surface area (Å²) in [5.41, 5.74) is 0.926. The smallest absolute Gasteiger partial charge is 0.240 e. The molecule has 7 heteroatoms. The third-order valence-corrected chi connectivity index (χ3v) is 6.09. The molecule has 0 saturated heterocycles. The highest BCUT2D eigenvalue weighted by molar-refractivity contribution is 7.89. The second-order valence-corrected chi connectivity index (χ2v) is 8.26. The normalized spacial score (nSPS) is 15.5. The molecule has 1 aliphatic rings. The molecule has 3 aromatic rings. The number of hydrogen-bond donors (Lipinski definition) is 1. The molecule has 0 spiro atoms. The quantitative estimate of drug-likeness (QED) is 0.722. The van der Waals surface area contributed by atoms with Crippen LogP contribution >= 0.6 is 0 Å². The van der Waals surface area contributed by atoms with Gasteiger partial charge in [0.1, 0.15) is 11.6 Å². The van der Waals surface area contributed by atoms with E-state index >= 15 is 0 Å². The highest BCUT2D eigenvalue weighted by Crippen LogP contribution is 2.25. The summed E-state index contributed by atoms with van der Waals surface area (Å²) in [4.78, 5) is 4.50. The summed E-state index contributed by atoms with van der Waals surface area (Å²) < 4.78 is 35.4. The van der Waals surface area contributed by atoms with Crippen molar-refractivity contribution in [2.24, 2.45) is 0 Å². The number of aromatic nitrogens is 2. The average molecular weight is 371 g/mol. The van der Waals surface area contributed by atoms with Gasteiger partial charge in [-0.25, -0.2) is 18.1 Å². The minimum atomic E-state index is -3.61. The average Bonchev–Trinajstić information content (AvgIpc) is 3.30. The zero-order valence-corrected chi connectivity index (χ0v) is 15.2. The number of ether oxygens (including phenoxy) is 1. The van der Waals surface area contributed by atoms with Crippen molar-refractivity contribution in [3.8, 4) is 5.75 Å². The number of imidazole rings is 1.